The molecule has 0 spiro atoms. The summed E-state index contributed by atoms with van der Waals surface area (Å²) in [6, 6.07) is 0.308. The summed E-state index contributed by atoms with van der Waals surface area (Å²) >= 11 is 0. The minimum Gasteiger partial charge on any atom is -0.395 e. The van der Waals surface area contributed by atoms with Gasteiger partial charge in [-0.3, -0.25) is 4.90 Å². The third kappa shape index (κ3) is 2.28. The molecule has 90 valence electrons. The van der Waals surface area contributed by atoms with Gasteiger partial charge in [0, 0.05) is 18.2 Å². The Balaban J connectivity index is 2.07. The Bertz CT molecular complexity index is 329. The molecule has 1 atom stereocenters. The first-order valence-electron chi connectivity index (χ1n) is 5.99. The van der Waals surface area contributed by atoms with Crippen molar-refractivity contribution in [1.29, 1.82) is 0 Å². The van der Waals surface area contributed by atoms with E-state index in [0.717, 1.165) is 31.0 Å². The van der Waals surface area contributed by atoms with Gasteiger partial charge in [0.2, 0.25) is 0 Å². The van der Waals surface area contributed by atoms with Crippen molar-refractivity contribution in [3.05, 3.63) is 17.0 Å². The van der Waals surface area contributed by atoms with Crippen molar-refractivity contribution < 1.29 is 9.63 Å². The van der Waals surface area contributed by atoms with Gasteiger partial charge in [0.05, 0.1) is 12.3 Å². The van der Waals surface area contributed by atoms with Gasteiger partial charge in [-0.25, -0.2) is 0 Å². The zero-order valence-electron chi connectivity index (χ0n) is 10.1. The molecule has 1 N–H and O–H groups in total. The SMILES string of the molecule is Cc1noc(C)c1CN1CCCC[C@@H]1CO. The Hall–Kier alpha value is -0.870. The molecular formula is C12H20N2O2. The molecule has 2 rings (SSSR count). The van der Waals surface area contributed by atoms with E-state index in [0.29, 0.717) is 6.04 Å². The third-order valence-corrected chi connectivity index (χ3v) is 3.50. The average molecular weight is 224 g/mol. The van der Waals surface area contributed by atoms with Crippen LogP contribution in [0.2, 0.25) is 0 Å². The highest BCUT2D eigenvalue weighted by Crippen LogP contribution is 2.22. The van der Waals surface area contributed by atoms with Crippen molar-refractivity contribution in [3.63, 3.8) is 0 Å². The fourth-order valence-corrected chi connectivity index (χ4v) is 2.41. The van der Waals surface area contributed by atoms with E-state index in [2.05, 4.69) is 10.1 Å². The molecule has 1 fully saturated rings. The normalized spacial score (nSPS) is 22.6. The van der Waals surface area contributed by atoms with Crippen molar-refractivity contribution in [2.45, 2.75) is 45.7 Å². The number of piperidine rings is 1. The number of aryl methyl sites for hydroxylation is 2. The average Bonchev–Trinajstić information content (AvgIpc) is 2.61. The first kappa shape index (κ1) is 11.6. The quantitative estimate of drug-likeness (QED) is 0.848. The zero-order chi connectivity index (χ0) is 11.5. The largest absolute Gasteiger partial charge is 0.395 e. The maximum absolute atomic E-state index is 9.35. The molecule has 0 saturated carbocycles. The maximum atomic E-state index is 9.35. The minimum atomic E-state index is 0.253. The molecule has 0 aliphatic carbocycles. The van der Waals surface area contributed by atoms with Crippen LogP contribution in [-0.4, -0.2) is 34.4 Å². The summed E-state index contributed by atoms with van der Waals surface area (Å²) < 4.78 is 5.17. The van der Waals surface area contributed by atoms with Crippen molar-refractivity contribution >= 4 is 0 Å². The predicted octanol–water partition coefficient (Wildman–Crippen LogP) is 1.64. The van der Waals surface area contributed by atoms with Crippen LogP contribution in [0.3, 0.4) is 0 Å². The summed E-state index contributed by atoms with van der Waals surface area (Å²) in [6.45, 7) is 6.10. The summed E-state index contributed by atoms with van der Waals surface area (Å²) in [7, 11) is 0. The molecule has 16 heavy (non-hydrogen) atoms. The van der Waals surface area contributed by atoms with E-state index in [1.807, 2.05) is 13.8 Å². The first-order chi connectivity index (χ1) is 7.72. The van der Waals surface area contributed by atoms with Gasteiger partial charge in [-0.15, -0.1) is 0 Å². The van der Waals surface area contributed by atoms with Gasteiger partial charge in [-0.05, 0) is 33.2 Å². The van der Waals surface area contributed by atoms with Crippen LogP contribution in [0.5, 0.6) is 0 Å². The smallest absolute Gasteiger partial charge is 0.138 e. The Morgan fingerprint density at radius 2 is 2.25 bits per heavy atom. The van der Waals surface area contributed by atoms with Crippen LogP contribution in [0.1, 0.15) is 36.3 Å². The molecule has 0 bridgehead atoms. The van der Waals surface area contributed by atoms with Crippen LogP contribution >= 0.6 is 0 Å². The van der Waals surface area contributed by atoms with Gasteiger partial charge in [-0.2, -0.15) is 0 Å². The van der Waals surface area contributed by atoms with Gasteiger partial charge in [-0.1, -0.05) is 11.6 Å². The topological polar surface area (TPSA) is 49.5 Å². The number of nitrogens with zero attached hydrogens (tertiary/aromatic N) is 2. The van der Waals surface area contributed by atoms with Crippen LogP contribution < -0.4 is 0 Å². The number of likely N-dealkylation sites (tertiary alicyclic amines) is 1. The standard InChI is InChI=1S/C12H20N2O2/c1-9-12(10(2)16-13-9)7-14-6-4-3-5-11(14)8-15/h11,15H,3-8H2,1-2H3/t11-/m1/s1. The first-order valence-corrected chi connectivity index (χ1v) is 5.99. The van der Waals surface area contributed by atoms with Crippen LogP contribution in [0.4, 0.5) is 0 Å². The fourth-order valence-electron chi connectivity index (χ4n) is 2.41. The van der Waals surface area contributed by atoms with Gasteiger partial charge < -0.3 is 9.63 Å². The number of hydrogen-bond acceptors (Lipinski definition) is 4. The highest BCUT2D eigenvalue weighted by molar-refractivity contribution is 5.20. The molecule has 4 nitrogen and oxygen atoms in total. The van der Waals surface area contributed by atoms with Crippen molar-refractivity contribution in [2.75, 3.05) is 13.2 Å². The summed E-state index contributed by atoms with van der Waals surface area (Å²) in [5, 5.41) is 13.3. The zero-order valence-corrected chi connectivity index (χ0v) is 10.1. The van der Waals surface area contributed by atoms with Crippen molar-refractivity contribution in [3.8, 4) is 0 Å². The van der Waals surface area contributed by atoms with Crippen LogP contribution in [-0.2, 0) is 6.54 Å². The second-order valence-electron chi connectivity index (χ2n) is 4.61. The van der Waals surface area contributed by atoms with Crippen LogP contribution in [0, 0.1) is 13.8 Å². The number of aliphatic hydroxyl groups excluding tert-OH is 1. The molecule has 1 aliphatic heterocycles. The molecule has 0 radical (unpaired) electrons. The fraction of sp³-hybridized carbons (Fsp3) is 0.750. The Kier molecular flexibility index (Phi) is 3.61. The van der Waals surface area contributed by atoms with E-state index < -0.39 is 0 Å². The summed E-state index contributed by atoms with van der Waals surface area (Å²) in [4.78, 5) is 2.34. The van der Waals surface area contributed by atoms with Crippen LogP contribution in [0.15, 0.2) is 4.52 Å². The van der Waals surface area contributed by atoms with Gasteiger partial charge in [0.25, 0.3) is 0 Å². The van der Waals surface area contributed by atoms with Crippen molar-refractivity contribution in [2.24, 2.45) is 0 Å². The van der Waals surface area contributed by atoms with Crippen molar-refractivity contribution in [1.82, 2.24) is 10.1 Å². The summed E-state index contributed by atoms with van der Waals surface area (Å²) in [5.41, 5.74) is 2.15. The van der Waals surface area contributed by atoms with E-state index in [4.69, 9.17) is 4.52 Å². The van der Waals surface area contributed by atoms with Gasteiger partial charge in [0.15, 0.2) is 0 Å². The molecule has 0 aromatic carbocycles. The molecule has 2 heterocycles. The lowest BCUT2D eigenvalue weighted by Crippen LogP contribution is -2.41. The molecule has 1 aromatic rings. The Morgan fingerprint density at radius 3 is 2.88 bits per heavy atom. The van der Waals surface area contributed by atoms with E-state index in [9.17, 15) is 5.11 Å². The number of hydrogen-bond donors (Lipinski definition) is 1. The molecule has 1 saturated heterocycles. The molecule has 1 aromatic heterocycles. The highest BCUT2D eigenvalue weighted by Gasteiger charge is 2.23. The molecule has 1 aliphatic rings. The second kappa shape index (κ2) is 4.97. The number of aliphatic hydroxyl groups is 1. The van der Waals surface area contributed by atoms with Gasteiger partial charge >= 0.3 is 0 Å². The minimum absolute atomic E-state index is 0.253. The Morgan fingerprint density at radius 1 is 1.44 bits per heavy atom. The molecule has 0 unspecified atom stereocenters. The lowest BCUT2D eigenvalue weighted by atomic mass is 10.0. The van der Waals surface area contributed by atoms with Gasteiger partial charge in [0.1, 0.15) is 5.76 Å². The van der Waals surface area contributed by atoms with Crippen LogP contribution in [0.25, 0.3) is 0 Å². The number of aromatic nitrogens is 1. The maximum Gasteiger partial charge on any atom is 0.138 e. The van der Waals surface area contributed by atoms with E-state index in [-0.39, 0.29) is 6.61 Å². The highest BCUT2D eigenvalue weighted by atomic mass is 16.5. The second-order valence-corrected chi connectivity index (χ2v) is 4.61. The molecule has 0 amide bonds. The number of rotatable bonds is 3. The summed E-state index contributed by atoms with van der Waals surface area (Å²) in [5.74, 6) is 0.903. The predicted molar refractivity (Wildman–Crippen MR) is 61.1 cm³/mol. The third-order valence-electron chi connectivity index (χ3n) is 3.50. The van der Waals surface area contributed by atoms with E-state index >= 15 is 0 Å². The van der Waals surface area contributed by atoms with E-state index in [1.54, 1.807) is 0 Å². The molecule has 4 heteroatoms. The Labute approximate surface area is 96.2 Å². The molecular weight excluding hydrogens is 204 g/mol. The summed E-state index contributed by atoms with van der Waals surface area (Å²) in [6.07, 6.45) is 3.54. The lowest BCUT2D eigenvalue weighted by Gasteiger charge is -2.34. The van der Waals surface area contributed by atoms with E-state index in [1.165, 1.54) is 18.4 Å². The monoisotopic (exact) mass is 224 g/mol. The lowest BCUT2D eigenvalue weighted by molar-refractivity contribution is 0.0836.